The zero-order valence-electron chi connectivity index (χ0n) is 10.5. The van der Waals surface area contributed by atoms with Gasteiger partial charge in [0, 0.05) is 6.20 Å². The highest BCUT2D eigenvalue weighted by Gasteiger charge is 2.26. The van der Waals surface area contributed by atoms with E-state index in [2.05, 4.69) is 4.98 Å². The molecule has 0 bridgehead atoms. The molecule has 1 aromatic heterocycles. The summed E-state index contributed by atoms with van der Waals surface area (Å²) in [6, 6.07) is -0.475. The Hall–Kier alpha value is -1.54. The monoisotopic (exact) mass is 290 g/mol. The third-order valence-electron chi connectivity index (χ3n) is 2.29. The molecule has 1 heterocycles. The third-order valence-corrected chi connectivity index (χ3v) is 3.73. The second-order valence-corrected chi connectivity index (χ2v) is 6.19. The number of pyridine rings is 1. The molecule has 1 aromatic rings. The van der Waals surface area contributed by atoms with E-state index in [0.717, 1.165) is 18.5 Å². The number of nitrogens with zero attached hydrogens (tertiary/aromatic N) is 1. The van der Waals surface area contributed by atoms with Crippen molar-refractivity contribution < 1.29 is 22.7 Å². The van der Waals surface area contributed by atoms with Crippen LogP contribution in [0.25, 0.3) is 0 Å². The topological polar surface area (TPSA) is 96.4 Å². The van der Waals surface area contributed by atoms with Crippen molar-refractivity contribution in [3.05, 3.63) is 24.3 Å². The Morgan fingerprint density at radius 1 is 1.47 bits per heavy atom. The Balaban J connectivity index is 2.97. The molecule has 0 unspecified atom stereocenters. The molecule has 0 radical (unpaired) electrons. The zero-order chi connectivity index (χ0) is 14.6. The first-order valence-corrected chi connectivity index (χ1v) is 7.06. The maximum Gasteiger partial charge on any atom is 0.321 e. The van der Waals surface area contributed by atoms with Crippen molar-refractivity contribution in [2.75, 3.05) is 0 Å². The number of aliphatic carboxylic acids is 1. The number of sulfonamides is 1. The summed E-state index contributed by atoms with van der Waals surface area (Å²) in [6.45, 7) is 3.54. The van der Waals surface area contributed by atoms with Crippen LogP contribution in [0.4, 0.5) is 4.39 Å². The van der Waals surface area contributed by atoms with Crippen LogP contribution < -0.4 is 4.72 Å². The molecule has 0 aliphatic carbocycles. The van der Waals surface area contributed by atoms with Crippen molar-refractivity contribution in [3.63, 3.8) is 0 Å². The number of carboxylic acids is 1. The standard InChI is InChI=1S/C11H15FN2O4S/c1-7(2)3-10(11(15)16)14-19(17,18)9-4-8(12)5-13-6-9/h4-7,10,14H,3H2,1-2H3,(H,15,16)/t10-/m1/s1. The molecule has 0 aliphatic rings. The van der Waals surface area contributed by atoms with Crippen molar-refractivity contribution in [1.82, 2.24) is 9.71 Å². The van der Waals surface area contributed by atoms with E-state index in [1.807, 2.05) is 4.72 Å². The number of carboxylic acid groups (broad SMARTS) is 1. The van der Waals surface area contributed by atoms with E-state index in [0.29, 0.717) is 0 Å². The van der Waals surface area contributed by atoms with Crippen molar-refractivity contribution in [2.24, 2.45) is 5.92 Å². The molecule has 6 nitrogen and oxygen atoms in total. The average molecular weight is 290 g/mol. The Morgan fingerprint density at radius 2 is 2.11 bits per heavy atom. The number of halogens is 1. The maximum absolute atomic E-state index is 12.9. The van der Waals surface area contributed by atoms with Gasteiger partial charge in [0.15, 0.2) is 0 Å². The van der Waals surface area contributed by atoms with Crippen LogP contribution in [-0.4, -0.2) is 30.5 Å². The molecule has 0 spiro atoms. The first-order valence-electron chi connectivity index (χ1n) is 5.58. The van der Waals surface area contributed by atoms with E-state index < -0.39 is 32.7 Å². The average Bonchev–Trinajstić information content (AvgIpc) is 2.27. The quantitative estimate of drug-likeness (QED) is 0.814. The molecule has 1 rings (SSSR count). The van der Waals surface area contributed by atoms with Crippen molar-refractivity contribution >= 4 is 16.0 Å². The number of aromatic nitrogens is 1. The molecule has 0 fully saturated rings. The Kier molecular flexibility index (Phi) is 4.96. The van der Waals surface area contributed by atoms with Gasteiger partial charge in [-0.2, -0.15) is 4.72 Å². The van der Waals surface area contributed by atoms with Gasteiger partial charge in [0.1, 0.15) is 16.8 Å². The van der Waals surface area contributed by atoms with Crippen molar-refractivity contribution in [2.45, 2.75) is 31.2 Å². The van der Waals surface area contributed by atoms with E-state index in [4.69, 9.17) is 5.11 Å². The maximum atomic E-state index is 12.9. The smallest absolute Gasteiger partial charge is 0.321 e. The van der Waals surface area contributed by atoms with Gasteiger partial charge in [0.2, 0.25) is 10.0 Å². The third kappa shape index (κ3) is 4.56. The summed E-state index contributed by atoms with van der Waals surface area (Å²) in [6.07, 6.45) is 1.96. The Morgan fingerprint density at radius 3 is 2.58 bits per heavy atom. The minimum absolute atomic E-state index is 0.00515. The fraction of sp³-hybridized carbons (Fsp3) is 0.455. The van der Waals surface area contributed by atoms with Crippen LogP contribution >= 0.6 is 0 Å². The second-order valence-electron chi connectivity index (χ2n) is 4.48. The summed E-state index contributed by atoms with van der Waals surface area (Å²) in [5.41, 5.74) is 0. The summed E-state index contributed by atoms with van der Waals surface area (Å²) in [5, 5.41) is 8.97. The lowest BCUT2D eigenvalue weighted by molar-refractivity contribution is -0.139. The highest BCUT2D eigenvalue weighted by atomic mass is 32.2. The van der Waals surface area contributed by atoms with Crippen LogP contribution in [0.5, 0.6) is 0 Å². The SMILES string of the molecule is CC(C)C[C@@H](NS(=O)(=O)c1cncc(F)c1)C(=O)O. The molecule has 106 valence electrons. The van der Waals surface area contributed by atoms with Crippen LogP contribution in [0, 0.1) is 11.7 Å². The minimum Gasteiger partial charge on any atom is -0.480 e. The second kappa shape index (κ2) is 6.07. The number of carbonyl (C=O) groups is 1. The molecule has 0 amide bonds. The molecule has 1 atom stereocenters. The van der Waals surface area contributed by atoms with E-state index >= 15 is 0 Å². The highest BCUT2D eigenvalue weighted by molar-refractivity contribution is 7.89. The Labute approximate surface area is 110 Å². The molecular weight excluding hydrogens is 275 g/mol. The lowest BCUT2D eigenvalue weighted by atomic mass is 10.1. The van der Waals surface area contributed by atoms with Gasteiger partial charge < -0.3 is 5.11 Å². The lowest BCUT2D eigenvalue weighted by Crippen LogP contribution is -2.41. The van der Waals surface area contributed by atoms with Gasteiger partial charge in [-0.05, 0) is 18.4 Å². The van der Waals surface area contributed by atoms with Gasteiger partial charge in [0.05, 0.1) is 6.20 Å². The fourth-order valence-electron chi connectivity index (χ4n) is 1.47. The molecule has 0 saturated heterocycles. The predicted octanol–water partition coefficient (Wildman–Crippen LogP) is 0.998. The van der Waals surface area contributed by atoms with Crippen molar-refractivity contribution in [1.29, 1.82) is 0 Å². The number of hydrogen-bond acceptors (Lipinski definition) is 4. The van der Waals surface area contributed by atoms with Crippen LogP contribution in [0.3, 0.4) is 0 Å². The molecular formula is C11H15FN2O4S. The Bertz CT molecular complexity index is 560. The molecule has 0 aliphatic heterocycles. The normalized spacial score (nSPS) is 13.5. The molecule has 0 saturated carbocycles. The largest absolute Gasteiger partial charge is 0.480 e. The summed E-state index contributed by atoms with van der Waals surface area (Å²) in [5.74, 6) is -2.09. The highest BCUT2D eigenvalue weighted by Crippen LogP contribution is 2.12. The van der Waals surface area contributed by atoms with Gasteiger partial charge in [-0.1, -0.05) is 13.8 Å². The van der Waals surface area contributed by atoms with Gasteiger partial charge in [-0.3, -0.25) is 9.78 Å². The first kappa shape index (κ1) is 15.5. The van der Waals surface area contributed by atoms with Crippen LogP contribution in [0.15, 0.2) is 23.4 Å². The minimum atomic E-state index is -4.11. The molecule has 2 N–H and O–H groups in total. The lowest BCUT2D eigenvalue weighted by Gasteiger charge is -2.16. The van der Waals surface area contributed by atoms with Crippen LogP contribution in [0.1, 0.15) is 20.3 Å². The van der Waals surface area contributed by atoms with E-state index in [1.165, 1.54) is 0 Å². The summed E-state index contributed by atoms with van der Waals surface area (Å²) in [7, 11) is -4.11. The summed E-state index contributed by atoms with van der Waals surface area (Å²) >= 11 is 0. The van der Waals surface area contributed by atoms with Gasteiger partial charge in [-0.25, -0.2) is 12.8 Å². The van der Waals surface area contributed by atoms with Crippen molar-refractivity contribution in [3.8, 4) is 0 Å². The predicted molar refractivity (Wildman–Crippen MR) is 65.4 cm³/mol. The number of nitrogens with one attached hydrogen (secondary N) is 1. The van der Waals surface area contributed by atoms with Crippen LogP contribution in [-0.2, 0) is 14.8 Å². The molecule has 19 heavy (non-hydrogen) atoms. The van der Waals surface area contributed by atoms with E-state index in [9.17, 15) is 17.6 Å². The molecule has 8 heteroatoms. The zero-order valence-corrected chi connectivity index (χ0v) is 11.3. The summed E-state index contributed by atoms with van der Waals surface area (Å²) < 4.78 is 38.8. The number of rotatable bonds is 6. The van der Waals surface area contributed by atoms with E-state index in [-0.39, 0.29) is 12.3 Å². The number of hydrogen-bond donors (Lipinski definition) is 2. The fourth-order valence-corrected chi connectivity index (χ4v) is 2.64. The van der Waals surface area contributed by atoms with E-state index in [1.54, 1.807) is 13.8 Å². The van der Waals surface area contributed by atoms with Gasteiger partial charge in [0.25, 0.3) is 0 Å². The van der Waals surface area contributed by atoms with Crippen LogP contribution in [0.2, 0.25) is 0 Å². The summed E-state index contributed by atoms with van der Waals surface area (Å²) in [4.78, 5) is 14.0. The van der Waals surface area contributed by atoms with Gasteiger partial charge in [-0.15, -0.1) is 0 Å². The van der Waals surface area contributed by atoms with Gasteiger partial charge >= 0.3 is 5.97 Å². The molecule has 0 aromatic carbocycles. The first-order chi connectivity index (χ1) is 8.72.